The zero-order chi connectivity index (χ0) is 65.7. The lowest BCUT2D eigenvalue weighted by atomic mass is 10.1. The summed E-state index contributed by atoms with van der Waals surface area (Å²) >= 11 is 0. The number of aliphatic imine (C=N–C) groups is 1. The molecule has 0 aliphatic carbocycles. The number of nitrogens with zero attached hydrogens (tertiary/aromatic N) is 2. The number of nitrogens with one attached hydrogen (secondary N) is 4. The molecule has 0 aliphatic rings. The van der Waals surface area contributed by atoms with Gasteiger partial charge in [0.25, 0.3) is 0 Å². The van der Waals surface area contributed by atoms with E-state index in [0.717, 1.165) is 91.5 Å². The van der Waals surface area contributed by atoms with Crippen molar-refractivity contribution in [2.45, 2.75) is 362 Å². The average molecular weight is 1410 g/mol. The molecule has 0 unspecified atom stereocenters. The third kappa shape index (κ3) is 95.4. The summed E-state index contributed by atoms with van der Waals surface area (Å²) in [5, 5.41) is 13.5. The fourth-order valence-corrected chi connectivity index (χ4v) is 10.9. The molecule has 0 atom stereocenters. The van der Waals surface area contributed by atoms with Crippen LogP contribution in [0.5, 0.6) is 0 Å². The number of likely N-dealkylation sites (N-methyl/N-ethyl adjacent to an activating group) is 1. The van der Waals surface area contributed by atoms with Crippen LogP contribution in [-0.4, -0.2) is 117 Å². The first kappa shape index (κ1) is 95.2. The summed E-state index contributed by atoms with van der Waals surface area (Å²) in [6.45, 7) is 21.9. The number of unbranched alkanes of at least 4 members (excludes halogenated alkanes) is 43. The molecule has 0 spiro atoms. The molecule has 92 heavy (non-hydrogen) atoms. The zero-order valence-electron chi connectivity index (χ0n) is 62.5. The number of ether oxygens (including phenoxy) is 4. The summed E-state index contributed by atoms with van der Waals surface area (Å²) < 4.78 is 22.9. The lowest BCUT2D eigenvalue weighted by molar-refractivity contribution is -0.0000234. The molecule has 0 radical (unpaired) electrons. The number of hydrogen-bond acceptors (Lipinski definition) is 10. The second kappa shape index (κ2) is 94.2. The minimum atomic E-state index is 0. The van der Waals surface area contributed by atoms with Crippen molar-refractivity contribution in [3.63, 3.8) is 0 Å². The number of halogens is 1. The van der Waals surface area contributed by atoms with E-state index in [-0.39, 0.29) is 24.0 Å². The van der Waals surface area contributed by atoms with Crippen LogP contribution >= 0.6 is 0 Å². The van der Waals surface area contributed by atoms with Gasteiger partial charge in [0.1, 0.15) is 0 Å². The molecular weight excluding hydrogens is 1250 g/mol. The third-order valence-corrected chi connectivity index (χ3v) is 17.1. The van der Waals surface area contributed by atoms with E-state index in [1.807, 2.05) is 0 Å². The van der Waals surface area contributed by atoms with E-state index in [1.54, 1.807) is 0 Å². The van der Waals surface area contributed by atoms with Crippen LogP contribution in [0.1, 0.15) is 362 Å². The van der Waals surface area contributed by atoms with Crippen molar-refractivity contribution >= 4 is 6.21 Å². The molecule has 0 amide bonds. The first-order valence-corrected chi connectivity index (χ1v) is 40.1. The van der Waals surface area contributed by atoms with Crippen LogP contribution in [0.2, 0.25) is 0 Å². The summed E-state index contributed by atoms with van der Waals surface area (Å²) in [7, 11) is 2.18. The van der Waals surface area contributed by atoms with Crippen molar-refractivity contribution in [1.82, 2.24) is 26.2 Å². The Morgan fingerprint density at radius 3 is 0.772 bits per heavy atom. The van der Waals surface area contributed by atoms with Crippen molar-refractivity contribution in [3.8, 4) is 0 Å². The van der Waals surface area contributed by atoms with Gasteiger partial charge in [-0.05, 0) is 161 Å². The van der Waals surface area contributed by atoms with Gasteiger partial charge in [0, 0.05) is 59.2 Å². The monoisotopic (exact) mass is 1410 g/mol. The topological polar surface area (TPSA) is 101 Å². The van der Waals surface area contributed by atoms with Gasteiger partial charge in [-0.1, -0.05) is 269 Å². The van der Waals surface area contributed by atoms with Gasteiger partial charge in [0.05, 0.1) is 33.5 Å². The Balaban J connectivity index is -0.00000170. The smallest absolute Gasteiger partial charge is 0.0965 e. The minimum absolute atomic E-state index is 0. The van der Waals surface area contributed by atoms with E-state index < -0.39 is 0 Å². The molecule has 0 aromatic rings. The van der Waals surface area contributed by atoms with Crippen LogP contribution in [-0.2, 0) is 18.9 Å². The van der Waals surface area contributed by atoms with Crippen molar-refractivity contribution in [1.29, 1.82) is 0 Å². The van der Waals surface area contributed by atoms with Crippen molar-refractivity contribution in [2.24, 2.45) is 4.99 Å². The zero-order valence-corrected chi connectivity index (χ0v) is 64.6. The molecule has 548 valence electrons. The van der Waals surface area contributed by atoms with E-state index in [0.29, 0.717) is 26.9 Å². The minimum Gasteiger partial charge on any atom is -1.00 e. The summed E-state index contributed by atoms with van der Waals surface area (Å²) in [6.07, 6.45) is 90.1. The highest BCUT2D eigenvalue weighted by atomic mass is 127. The van der Waals surface area contributed by atoms with E-state index >= 15 is 0 Å². The second-order valence-electron chi connectivity index (χ2n) is 26.4. The normalized spacial score (nSPS) is 12.0. The lowest BCUT2D eigenvalue weighted by Gasteiger charge is -2.17. The fourth-order valence-electron chi connectivity index (χ4n) is 10.9. The maximum atomic E-state index is 5.76. The Kier molecular flexibility index (Phi) is 97.4. The molecule has 0 saturated carbocycles. The largest absolute Gasteiger partial charge is 1.00 e. The molecular formula is C81H162IN6O4-. The molecule has 0 aromatic carbocycles. The number of hydrogen-bond donors (Lipinski definition) is 4. The second-order valence-corrected chi connectivity index (χ2v) is 26.4. The number of allylic oxidation sites excluding steroid dienone is 8. The fraction of sp³-hybridized carbons (Fsp3) is 0.889. The molecule has 11 heteroatoms. The van der Waals surface area contributed by atoms with Gasteiger partial charge in [0.2, 0.25) is 0 Å². The summed E-state index contributed by atoms with van der Waals surface area (Å²) in [6, 6.07) is 0. The molecule has 0 fully saturated rings. The maximum Gasteiger partial charge on any atom is 0.0965 e. The Labute approximate surface area is 593 Å². The molecule has 0 saturated heterocycles. The summed E-state index contributed by atoms with van der Waals surface area (Å²) in [4.78, 5) is 6.85. The Morgan fingerprint density at radius 1 is 0.261 bits per heavy atom. The number of rotatable bonds is 79. The van der Waals surface area contributed by atoms with E-state index in [2.05, 4.69) is 121 Å². The molecule has 0 bridgehead atoms. The van der Waals surface area contributed by atoms with E-state index in [9.17, 15) is 0 Å². The molecule has 0 heterocycles. The Hall–Kier alpha value is -1.000. The van der Waals surface area contributed by atoms with Crippen molar-refractivity contribution < 1.29 is 42.9 Å². The Bertz CT molecular complexity index is 1370. The van der Waals surface area contributed by atoms with Crippen LogP contribution in [0.15, 0.2) is 53.6 Å². The van der Waals surface area contributed by atoms with E-state index in [4.69, 9.17) is 18.9 Å². The van der Waals surface area contributed by atoms with Gasteiger partial charge in [-0.15, -0.1) is 0 Å². The highest BCUT2D eigenvalue weighted by Gasteiger charge is 2.01. The molecule has 0 aromatic heterocycles. The Morgan fingerprint density at radius 2 is 0.489 bits per heavy atom. The van der Waals surface area contributed by atoms with Crippen LogP contribution < -0.4 is 45.2 Å². The van der Waals surface area contributed by atoms with Crippen molar-refractivity contribution in [2.75, 3.05) is 106 Å². The molecule has 10 nitrogen and oxygen atoms in total. The SMILES string of the molecule is CCCCCCCC/C=C\CCCCCCCOCNCCN(C)CCNCOCCCCCCC/C=C\CCCCCCCC.CCCCCCCC/C=C\CCCCCCCOCNCCN=CCCCNCOCCCCC/C=C\CCCCCCCC.[I-]. The lowest BCUT2D eigenvalue weighted by Crippen LogP contribution is -3.00. The molecule has 0 rings (SSSR count). The van der Waals surface area contributed by atoms with Gasteiger partial charge in [-0.2, -0.15) is 0 Å². The first-order chi connectivity index (χ1) is 45.2. The summed E-state index contributed by atoms with van der Waals surface area (Å²) in [5.74, 6) is 0. The van der Waals surface area contributed by atoms with Crippen LogP contribution in [0.3, 0.4) is 0 Å². The average Bonchev–Trinajstić information content (AvgIpc) is 3.56. The van der Waals surface area contributed by atoms with Crippen LogP contribution in [0.25, 0.3) is 0 Å². The van der Waals surface area contributed by atoms with Crippen molar-refractivity contribution in [3.05, 3.63) is 48.6 Å². The first-order valence-electron chi connectivity index (χ1n) is 40.1. The molecule has 4 N–H and O–H groups in total. The highest BCUT2D eigenvalue weighted by Crippen LogP contribution is 2.14. The predicted octanol–water partition coefficient (Wildman–Crippen LogP) is 19.8. The van der Waals surface area contributed by atoms with E-state index in [1.165, 1.54) is 315 Å². The van der Waals surface area contributed by atoms with Gasteiger partial charge in [-0.25, -0.2) is 0 Å². The van der Waals surface area contributed by atoms with Crippen LogP contribution in [0.4, 0.5) is 0 Å². The van der Waals surface area contributed by atoms with Crippen LogP contribution in [0, 0.1) is 0 Å². The highest BCUT2D eigenvalue weighted by molar-refractivity contribution is 5.56. The molecule has 0 aliphatic heterocycles. The maximum absolute atomic E-state index is 5.76. The third-order valence-electron chi connectivity index (χ3n) is 17.1. The summed E-state index contributed by atoms with van der Waals surface area (Å²) in [5.41, 5.74) is 0. The van der Waals surface area contributed by atoms with Gasteiger partial charge in [0.15, 0.2) is 0 Å². The predicted molar refractivity (Wildman–Crippen MR) is 405 cm³/mol. The van der Waals surface area contributed by atoms with Gasteiger partial charge < -0.3 is 47.8 Å². The quantitative estimate of drug-likeness (QED) is 0.0156. The van der Waals surface area contributed by atoms with Gasteiger partial charge >= 0.3 is 0 Å². The standard InChI is InChI=1S/C41H83N3O2.C40H79N3O2.HI/c1-4-6-8-10-12-14-16-18-20-22-24-26-28-30-32-38-45-40-42-34-36-44(3)37-35-43-41-46-39-33-31-29-27-25-23-21-19-17-15-13-11-9-7-5-2;1-3-5-7-9-11-13-15-17-18-20-22-24-26-28-32-38-45-40-43-36-35-41-33-29-30-34-42-39-44-37-31-27-25-23-21-19-16-14-12-10-8-6-4-2;/h18-21,42-43H,4-17,22-41H2,1-3H3;17-19,21,33,42-43H,3-16,20,22-32,34-40H2,1-2H3;1H/p-1/b20-18-,21-19-;18-17-,21-19-,41-33?;. The van der Waals surface area contributed by atoms with Gasteiger partial charge in [-0.3, -0.25) is 26.3 Å².